The smallest absolute Gasteiger partial charge is 0.235 e. The molecule has 20 heavy (non-hydrogen) atoms. The zero-order valence-electron chi connectivity index (χ0n) is 11.4. The molecule has 6 nitrogen and oxygen atoms in total. The normalized spacial score (nSPS) is 17.1. The van der Waals surface area contributed by atoms with Crippen LogP contribution in [0, 0.1) is 0 Å². The van der Waals surface area contributed by atoms with Crippen LogP contribution in [0.4, 0.5) is 11.4 Å². The van der Waals surface area contributed by atoms with E-state index in [0.717, 1.165) is 0 Å². The van der Waals surface area contributed by atoms with E-state index in [2.05, 4.69) is 10.6 Å². The van der Waals surface area contributed by atoms with Crippen LogP contribution in [0.1, 0.15) is 12.8 Å². The number of nitrogens with zero attached hydrogens (tertiary/aromatic N) is 1. The van der Waals surface area contributed by atoms with Crippen LogP contribution in [0.25, 0.3) is 0 Å². The van der Waals surface area contributed by atoms with Crippen LogP contribution in [0.5, 0.6) is 0 Å². The highest BCUT2D eigenvalue weighted by molar-refractivity contribution is 7.93. The first-order chi connectivity index (χ1) is 9.53. The number of carbonyl (C=O) groups is 1. The fourth-order valence-corrected chi connectivity index (χ4v) is 3.67. The second-order valence-electron chi connectivity index (χ2n) is 4.69. The second kappa shape index (κ2) is 6.23. The van der Waals surface area contributed by atoms with Crippen LogP contribution >= 0.6 is 0 Å². The van der Waals surface area contributed by atoms with Gasteiger partial charge in [-0.05, 0) is 37.7 Å². The SMILES string of the molecule is CNCCC(=O)Nc1ccc(N2CCCS2(=O)=O)cc1. The number of anilines is 2. The average Bonchev–Trinajstić information content (AvgIpc) is 2.77. The standard InChI is InChI=1S/C13H19N3O3S/c1-14-8-7-13(17)15-11-3-5-12(6-4-11)16-9-2-10-20(16,18)19/h3-6,14H,2,7-10H2,1H3,(H,15,17). The van der Waals surface area contributed by atoms with Gasteiger partial charge in [0.25, 0.3) is 0 Å². The average molecular weight is 297 g/mol. The summed E-state index contributed by atoms with van der Waals surface area (Å²) in [6.45, 7) is 1.14. The van der Waals surface area contributed by atoms with Crippen molar-refractivity contribution in [2.45, 2.75) is 12.8 Å². The Hall–Kier alpha value is -1.60. The van der Waals surface area contributed by atoms with Crippen LogP contribution in [-0.4, -0.2) is 40.2 Å². The molecule has 0 spiro atoms. The molecule has 1 aliphatic heterocycles. The number of benzene rings is 1. The summed E-state index contributed by atoms with van der Waals surface area (Å²) in [6, 6.07) is 6.88. The van der Waals surface area contributed by atoms with Crippen LogP contribution in [0.15, 0.2) is 24.3 Å². The van der Waals surface area contributed by atoms with Gasteiger partial charge in [-0.25, -0.2) is 8.42 Å². The number of hydrogen-bond acceptors (Lipinski definition) is 4. The maximum absolute atomic E-state index is 11.8. The van der Waals surface area contributed by atoms with E-state index in [0.29, 0.717) is 37.3 Å². The van der Waals surface area contributed by atoms with Crippen molar-refractivity contribution < 1.29 is 13.2 Å². The molecule has 0 unspecified atom stereocenters. The third kappa shape index (κ3) is 3.49. The summed E-state index contributed by atoms with van der Waals surface area (Å²) in [4.78, 5) is 11.6. The minimum atomic E-state index is -3.15. The van der Waals surface area contributed by atoms with Gasteiger partial charge >= 0.3 is 0 Å². The molecule has 1 aromatic carbocycles. The van der Waals surface area contributed by atoms with Gasteiger partial charge in [-0.15, -0.1) is 0 Å². The molecule has 1 aliphatic rings. The summed E-state index contributed by atoms with van der Waals surface area (Å²) in [5.41, 5.74) is 1.32. The molecule has 2 N–H and O–H groups in total. The monoisotopic (exact) mass is 297 g/mol. The zero-order chi connectivity index (χ0) is 14.6. The molecule has 1 amide bonds. The van der Waals surface area contributed by atoms with E-state index < -0.39 is 10.0 Å². The van der Waals surface area contributed by atoms with Crippen molar-refractivity contribution in [3.63, 3.8) is 0 Å². The van der Waals surface area contributed by atoms with Crippen LogP contribution in [0.3, 0.4) is 0 Å². The quantitative estimate of drug-likeness (QED) is 0.841. The molecule has 2 rings (SSSR count). The summed E-state index contributed by atoms with van der Waals surface area (Å²) < 4.78 is 25.0. The van der Waals surface area contributed by atoms with E-state index in [9.17, 15) is 13.2 Å². The number of sulfonamides is 1. The molecule has 110 valence electrons. The van der Waals surface area contributed by atoms with Gasteiger partial charge < -0.3 is 10.6 Å². The Morgan fingerprint density at radius 3 is 2.55 bits per heavy atom. The van der Waals surface area contributed by atoms with Crippen molar-refractivity contribution >= 4 is 27.3 Å². The Morgan fingerprint density at radius 2 is 2.00 bits per heavy atom. The third-order valence-electron chi connectivity index (χ3n) is 3.14. The molecule has 0 atom stereocenters. The lowest BCUT2D eigenvalue weighted by Gasteiger charge is -2.17. The van der Waals surface area contributed by atoms with E-state index in [1.807, 2.05) is 0 Å². The first-order valence-corrected chi connectivity index (χ1v) is 8.19. The molecule has 0 aliphatic carbocycles. The molecule has 0 saturated carbocycles. The highest BCUT2D eigenvalue weighted by atomic mass is 32.2. The third-order valence-corrected chi connectivity index (χ3v) is 5.01. The van der Waals surface area contributed by atoms with Crippen LogP contribution < -0.4 is 14.9 Å². The van der Waals surface area contributed by atoms with Gasteiger partial charge in [0, 0.05) is 25.2 Å². The summed E-state index contributed by atoms with van der Waals surface area (Å²) >= 11 is 0. The van der Waals surface area contributed by atoms with Crippen molar-refractivity contribution in [1.82, 2.24) is 5.32 Å². The fourth-order valence-electron chi connectivity index (χ4n) is 2.10. The summed E-state index contributed by atoms with van der Waals surface area (Å²) in [6.07, 6.45) is 1.06. The van der Waals surface area contributed by atoms with Gasteiger partial charge in [0.2, 0.25) is 15.9 Å². The largest absolute Gasteiger partial charge is 0.326 e. The summed E-state index contributed by atoms with van der Waals surface area (Å²) in [5.74, 6) is 0.135. The molecule has 1 heterocycles. The van der Waals surface area contributed by atoms with Crippen molar-refractivity contribution in [3.8, 4) is 0 Å². The van der Waals surface area contributed by atoms with Gasteiger partial charge in [0.05, 0.1) is 11.4 Å². The molecule has 1 aromatic rings. The van der Waals surface area contributed by atoms with Crippen molar-refractivity contribution in [1.29, 1.82) is 0 Å². The maximum atomic E-state index is 11.8. The molecule has 0 radical (unpaired) electrons. The van der Waals surface area contributed by atoms with Gasteiger partial charge in [0.15, 0.2) is 0 Å². The number of carbonyl (C=O) groups excluding carboxylic acids is 1. The maximum Gasteiger partial charge on any atom is 0.235 e. The predicted octanol–water partition coefficient (Wildman–Crippen LogP) is 0.774. The Bertz CT molecular complexity index is 569. The minimum Gasteiger partial charge on any atom is -0.326 e. The Labute approximate surface area is 119 Å². The summed E-state index contributed by atoms with van der Waals surface area (Å²) in [7, 11) is -1.36. The molecular weight excluding hydrogens is 278 g/mol. The summed E-state index contributed by atoms with van der Waals surface area (Å²) in [5, 5.41) is 5.67. The number of rotatable bonds is 5. The number of amides is 1. The van der Waals surface area contributed by atoms with Crippen molar-refractivity contribution in [2.75, 3.05) is 35.5 Å². The van der Waals surface area contributed by atoms with Crippen LogP contribution in [0.2, 0.25) is 0 Å². The first kappa shape index (κ1) is 14.8. The van der Waals surface area contributed by atoms with Crippen molar-refractivity contribution in [3.05, 3.63) is 24.3 Å². The Morgan fingerprint density at radius 1 is 1.30 bits per heavy atom. The lowest BCUT2D eigenvalue weighted by molar-refractivity contribution is -0.116. The second-order valence-corrected chi connectivity index (χ2v) is 6.70. The Kier molecular flexibility index (Phi) is 4.61. The van der Waals surface area contributed by atoms with Gasteiger partial charge in [-0.3, -0.25) is 9.10 Å². The highest BCUT2D eigenvalue weighted by Gasteiger charge is 2.28. The molecule has 0 bridgehead atoms. The topological polar surface area (TPSA) is 78.5 Å². The van der Waals surface area contributed by atoms with E-state index in [4.69, 9.17) is 0 Å². The van der Waals surface area contributed by atoms with E-state index >= 15 is 0 Å². The van der Waals surface area contributed by atoms with Gasteiger partial charge in [-0.1, -0.05) is 0 Å². The predicted molar refractivity (Wildman–Crippen MR) is 79.4 cm³/mol. The van der Waals surface area contributed by atoms with Gasteiger partial charge in [-0.2, -0.15) is 0 Å². The minimum absolute atomic E-state index is 0.0686. The van der Waals surface area contributed by atoms with Crippen LogP contribution in [-0.2, 0) is 14.8 Å². The van der Waals surface area contributed by atoms with E-state index in [1.54, 1.807) is 31.3 Å². The number of nitrogens with one attached hydrogen (secondary N) is 2. The molecular formula is C13H19N3O3S. The first-order valence-electron chi connectivity index (χ1n) is 6.58. The zero-order valence-corrected chi connectivity index (χ0v) is 12.2. The van der Waals surface area contributed by atoms with E-state index in [-0.39, 0.29) is 11.7 Å². The fraction of sp³-hybridized carbons (Fsp3) is 0.462. The molecule has 1 fully saturated rings. The van der Waals surface area contributed by atoms with E-state index in [1.165, 1.54) is 4.31 Å². The lowest BCUT2D eigenvalue weighted by atomic mass is 10.2. The highest BCUT2D eigenvalue weighted by Crippen LogP contribution is 2.25. The Balaban J connectivity index is 2.02. The van der Waals surface area contributed by atoms with Gasteiger partial charge in [0.1, 0.15) is 0 Å². The lowest BCUT2D eigenvalue weighted by Crippen LogP contribution is -2.25. The number of hydrogen-bond donors (Lipinski definition) is 2. The molecule has 0 aromatic heterocycles. The molecule has 7 heteroatoms. The molecule has 1 saturated heterocycles. The van der Waals surface area contributed by atoms with Crippen molar-refractivity contribution in [2.24, 2.45) is 0 Å².